The zero-order valence-corrected chi connectivity index (χ0v) is 31.8. The SMILES string of the molecule is c1ccc(-c2ccc(N(c3cccc(-c4ccc(-c5ccccc5)c5c4c4ccccc4n5-c4ccccc4)c3)c3ccc4c(ccc5ccccc54)c3)cc2)cc1. The highest BCUT2D eigenvalue weighted by molar-refractivity contribution is 6.19. The maximum atomic E-state index is 2.44. The van der Waals surface area contributed by atoms with Crippen molar-refractivity contribution in [2.24, 2.45) is 0 Å². The second-order valence-electron chi connectivity index (χ2n) is 14.9. The van der Waals surface area contributed by atoms with Crippen LogP contribution in [0.2, 0.25) is 0 Å². The molecule has 0 saturated heterocycles. The number of anilines is 3. The zero-order chi connectivity index (χ0) is 38.4. The second-order valence-corrected chi connectivity index (χ2v) is 14.9. The molecule has 10 aromatic carbocycles. The number of rotatable bonds is 7. The van der Waals surface area contributed by atoms with Crippen molar-refractivity contribution in [3.63, 3.8) is 0 Å². The van der Waals surface area contributed by atoms with Crippen molar-refractivity contribution in [2.75, 3.05) is 4.90 Å². The number of hydrogen-bond acceptors (Lipinski definition) is 1. The van der Waals surface area contributed by atoms with Crippen LogP contribution in [0.3, 0.4) is 0 Å². The van der Waals surface area contributed by atoms with Crippen molar-refractivity contribution >= 4 is 60.4 Å². The van der Waals surface area contributed by atoms with Gasteiger partial charge in [0.25, 0.3) is 0 Å². The Bertz CT molecular complexity index is 3250. The number of benzene rings is 10. The Morgan fingerprint density at radius 3 is 1.67 bits per heavy atom. The van der Waals surface area contributed by atoms with Crippen LogP contribution in [0.4, 0.5) is 17.1 Å². The molecule has 0 aliphatic carbocycles. The van der Waals surface area contributed by atoms with Crippen molar-refractivity contribution in [1.29, 1.82) is 0 Å². The summed E-state index contributed by atoms with van der Waals surface area (Å²) in [6.07, 6.45) is 0. The minimum atomic E-state index is 1.09. The largest absolute Gasteiger partial charge is 0.310 e. The average Bonchev–Trinajstić information content (AvgIpc) is 3.65. The topological polar surface area (TPSA) is 8.17 Å². The third-order valence-corrected chi connectivity index (χ3v) is 11.5. The molecule has 0 aliphatic heterocycles. The summed E-state index contributed by atoms with van der Waals surface area (Å²) in [5, 5.41) is 7.46. The van der Waals surface area contributed by atoms with E-state index in [1.165, 1.54) is 71.2 Å². The standard InChI is InChI=1S/C56H38N2/c1-4-15-39(16-5-1)40-29-31-46(32-30-40)57(48-33-34-50-44(38-48)28-27-42-19-10-11-24-49(42)50)47-23-14-20-43(37-47)51-35-36-52(41-17-6-2-7-18-41)56-55(51)53-25-12-13-26-54(53)58(56)45-21-8-3-9-22-45/h1-38H. The van der Waals surface area contributed by atoms with Crippen molar-refractivity contribution in [3.8, 4) is 39.1 Å². The van der Waals surface area contributed by atoms with Gasteiger partial charge in [-0.3, -0.25) is 0 Å². The quantitative estimate of drug-likeness (QED) is 0.148. The van der Waals surface area contributed by atoms with Gasteiger partial charge in [0.1, 0.15) is 0 Å². The van der Waals surface area contributed by atoms with Crippen LogP contribution in [0.25, 0.3) is 82.4 Å². The summed E-state index contributed by atoms with van der Waals surface area (Å²) in [4.78, 5) is 2.40. The van der Waals surface area contributed by atoms with Gasteiger partial charge in [-0.2, -0.15) is 0 Å². The third-order valence-electron chi connectivity index (χ3n) is 11.5. The predicted octanol–water partition coefficient (Wildman–Crippen LogP) is 15.6. The maximum absolute atomic E-state index is 2.44. The highest BCUT2D eigenvalue weighted by Gasteiger charge is 2.21. The van der Waals surface area contributed by atoms with E-state index in [2.05, 4.69) is 240 Å². The summed E-state index contributed by atoms with van der Waals surface area (Å²) in [5.41, 5.74) is 14.0. The van der Waals surface area contributed by atoms with Crippen LogP contribution in [0.5, 0.6) is 0 Å². The maximum Gasteiger partial charge on any atom is 0.0625 e. The average molecular weight is 739 g/mol. The molecule has 11 aromatic rings. The molecule has 0 unspecified atom stereocenters. The number of para-hydroxylation sites is 2. The van der Waals surface area contributed by atoms with E-state index in [1.54, 1.807) is 0 Å². The third kappa shape index (κ3) is 5.74. The van der Waals surface area contributed by atoms with Crippen LogP contribution in [0.1, 0.15) is 0 Å². The monoisotopic (exact) mass is 738 g/mol. The molecule has 1 aromatic heterocycles. The van der Waals surface area contributed by atoms with Gasteiger partial charge in [0.05, 0.1) is 11.0 Å². The molecule has 0 N–H and O–H groups in total. The van der Waals surface area contributed by atoms with Gasteiger partial charge in [0, 0.05) is 39.1 Å². The Labute approximate surface area is 338 Å². The Morgan fingerprint density at radius 2 is 0.879 bits per heavy atom. The first-order chi connectivity index (χ1) is 28.8. The fourth-order valence-corrected chi connectivity index (χ4v) is 8.87. The van der Waals surface area contributed by atoms with Gasteiger partial charge >= 0.3 is 0 Å². The molecule has 0 aliphatic rings. The molecular weight excluding hydrogens is 701 g/mol. The summed E-state index contributed by atoms with van der Waals surface area (Å²) < 4.78 is 2.44. The Balaban J connectivity index is 1.13. The summed E-state index contributed by atoms with van der Waals surface area (Å²) in [5.74, 6) is 0. The van der Waals surface area contributed by atoms with Crippen LogP contribution >= 0.6 is 0 Å². The van der Waals surface area contributed by atoms with Crippen molar-refractivity contribution in [3.05, 3.63) is 231 Å². The lowest BCUT2D eigenvalue weighted by molar-refractivity contribution is 1.18. The Kier molecular flexibility index (Phi) is 8.19. The lowest BCUT2D eigenvalue weighted by Crippen LogP contribution is -2.10. The van der Waals surface area contributed by atoms with Gasteiger partial charge in [0.2, 0.25) is 0 Å². The van der Waals surface area contributed by atoms with Gasteiger partial charge in [-0.25, -0.2) is 0 Å². The van der Waals surface area contributed by atoms with Gasteiger partial charge in [-0.1, -0.05) is 176 Å². The summed E-state index contributed by atoms with van der Waals surface area (Å²) in [6.45, 7) is 0. The molecule has 2 nitrogen and oxygen atoms in total. The predicted molar refractivity (Wildman–Crippen MR) is 247 cm³/mol. The molecular formula is C56H38N2. The molecule has 272 valence electrons. The normalized spacial score (nSPS) is 11.4. The van der Waals surface area contributed by atoms with Crippen LogP contribution < -0.4 is 4.90 Å². The van der Waals surface area contributed by atoms with Crippen LogP contribution in [0.15, 0.2) is 231 Å². The molecule has 1 heterocycles. The first kappa shape index (κ1) is 33.6. The van der Waals surface area contributed by atoms with E-state index in [-0.39, 0.29) is 0 Å². The minimum Gasteiger partial charge on any atom is -0.310 e. The summed E-state index contributed by atoms with van der Waals surface area (Å²) in [7, 11) is 0. The van der Waals surface area contributed by atoms with Crippen LogP contribution in [0, 0.1) is 0 Å². The molecule has 2 heteroatoms. The molecule has 0 radical (unpaired) electrons. The van der Waals surface area contributed by atoms with E-state index in [4.69, 9.17) is 0 Å². The van der Waals surface area contributed by atoms with E-state index in [0.29, 0.717) is 0 Å². The number of hydrogen-bond donors (Lipinski definition) is 0. The van der Waals surface area contributed by atoms with E-state index in [1.807, 2.05) is 0 Å². The zero-order valence-electron chi connectivity index (χ0n) is 31.8. The van der Waals surface area contributed by atoms with Crippen molar-refractivity contribution in [2.45, 2.75) is 0 Å². The first-order valence-electron chi connectivity index (χ1n) is 19.9. The fraction of sp³-hybridized carbons (Fsp3) is 0. The molecule has 11 rings (SSSR count). The summed E-state index contributed by atoms with van der Waals surface area (Å²) >= 11 is 0. The summed E-state index contributed by atoms with van der Waals surface area (Å²) in [6, 6.07) is 83.7. The van der Waals surface area contributed by atoms with Crippen molar-refractivity contribution < 1.29 is 0 Å². The van der Waals surface area contributed by atoms with Gasteiger partial charge in [0.15, 0.2) is 0 Å². The highest BCUT2D eigenvalue weighted by Crippen LogP contribution is 2.45. The molecule has 0 amide bonds. The molecule has 0 saturated carbocycles. The molecule has 0 atom stereocenters. The molecule has 0 spiro atoms. The van der Waals surface area contributed by atoms with Gasteiger partial charge < -0.3 is 9.47 Å². The fourth-order valence-electron chi connectivity index (χ4n) is 8.87. The van der Waals surface area contributed by atoms with E-state index in [9.17, 15) is 0 Å². The highest BCUT2D eigenvalue weighted by atomic mass is 15.1. The lowest BCUT2D eigenvalue weighted by atomic mass is 9.94. The molecule has 58 heavy (non-hydrogen) atoms. The van der Waals surface area contributed by atoms with Crippen LogP contribution in [-0.2, 0) is 0 Å². The smallest absolute Gasteiger partial charge is 0.0625 e. The Hall–Kier alpha value is -7.68. The van der Waals surface area contributed by atoms with E-state index >= 15 is 0 Å². The second kappa shape index (κ2) is 14.1. The number of fused-ring (bicyclic) bond motifs is 6. The Morgan fingerprint density at radius 1 is 0.310 bits per heavy atom. The van der Waals surface area contributed by atoms with E-state index < -0.39 is 0 Å². The number of nitrogens with zero attached hydrogens (tertiary/aromatic N) is 2. The van der Waals surface area contributed by atoms with E-state index in [0.717, 1.165) is 28.3 Å². The molecule has 0 bridgehead atoms. The van der Waals surface area contributed by atoms with Crippen LogP contribution in [-0.4, -0.2) is 4.57 Å². The lowest BCUT2D eigenvalue weighted by Gasteiger charge is -2.27. The van der Waals surface area contributed by atoms with Gasteiger partial charge in [-0.05, 0) is 104 Å². The number of aromatic nitrogens is 1. The minimum absolute atomic E-state index is 1.09. The molecule has 0 fully saturated rings. The van der Waals surface area contributed by atoms with Crippen molar-refractivity contribution in [1.82, 2.24) is 4.57 Å². The first-order valence-corrected chi connectivity index (χ1v) is 19.9. The van der Waals surface area contributed by atoms with Gasteiger partial charge in [-0.15, -0.1) is 0 Å².